The van der Waals surface area contributed by atoms with Crippen molar-refractivity contribution in [3.8, 4) is 0 Å². The van der Waals surface area contributed by atoms with E-state index in [-0.39, 0.29) is 11.5 Å². The maximum atomic E-state index is 11.9. The molecular formula is C14H18N4O2. The number of amides is 1. The fourth-order valence-corrected chi connectivity index (χ4v) is 2.64. The first kappa shape index (κ1) is 12.9. The summed E-state index contributed by atoms with van der Waals surface area (Å²) in [5.41, 5.74) is 2.17. The van der Waals surface area contributed by atoms with Gasteiger partial charge in [0.2, 0.25) is 5.91 Å². The molecule has 3 heterocycles. The number of aryl methyl sites for hydroxylation is 1. The van der Waals surface area contributed by atoms with Crippen LogP contribution in [0.4, 0.5) is 0 Å². The average Bonchev–Trinajstić information content (AvgIpc) is 2.79. The Kier molecular flexibility index (Phi) is 3.30. The van der Waals surface area contributed by atoms with Crippen LogP contribution in [0.3, 0.4) is 0 Å². The second-order valence-corrected chi connectivity index (χ2v) is 5.31. The molecule has 6 nitrogen and oxygen atoms in total. The average molecular weight is 274 g/mol. The third-order valence-corrected chi connectivity index (χ3v) is 3.69. The van der Waals surface area contributed by atoms with E-state index in [1.54, 1.807) is 0 Å². The molecule has 1 fully saturated rings. The zero-order valence-electron chi connectivity index (χ0n) is 11.6. The zero-order valence-corrected chi connectivity index (χ0v) is 11.6. The van der Waals surface area contributed by atoms with Crippen molar-refractivity contribution in [3.63, 3.8) is 0 Å². The summed E-state index contributed by atoms with van der Waals surface area (Å²) in [6, 6.07) is 3.38. The van der Waals surface area contributed by atoms with Crippen molar-refractivity contribution >= 4 is 11.6 Å². The quantitative estimate of drug-likeness (QED) is 0.903. The molecule has 0 aromatic carbocycles. The van der Waals surface area contributed by atoms with Crippen molar-refractivity contribution in [1.29, 1.82) is 0 Å². The summed E-state index contributed by atoms with van der Waals surface area (Å²) in [5.74, 6) is 0.214. The van der Waals surface area contributed by atoms with Crippen molar-refractivity contribution in [2.45, 2.75) is 32.6 Å². The molecule has 1 amide bonds. The van der Waals surface area contributed by atoms with E-state index in [1.807, 2.05) is 17.9 Å². The van der Waals surface area contributed by atoms with E-state index >= 15 is 0 Å². The van der Waals surface area contributed by atoms with Gasteiger partial charge in [-0.1, -0.05) is 0 Å². The SMILES string of the molecule is Cc1cc2nc(CCN3CCCCC3=O)cc(=O)n2[nH]1. The molecular weight excluding hydrogens is 256 g/mol. The van der Waals surface area contributed by atoms with Gasteiger partial charge in [0.05, 0.1) is 5.69 Å². The molecule has 1 aliphatic heterocycles. The number of carbonyl (C=O) groups excluding carboxylic acids is 1. The topological polar surface area (TPSA) is 70.5 Å². The van der Waals surface area contributed by atoms with E-state index < -0.39 is 0 Å². The number of aromatic nitrogens is 3. The lowest BCUT2D eigenvalue weighted by atomic mass is 10.1. The molecule has 0 saturated carbocycles. The number of nitrogens with zero attached hydrogens (tertiary/aromatic N) is 3. The van der Waals surface area contributed by atoms with Crippen LogP contribution >= 0.6 is 0 Å². The van der Waals surface area contributed by atoms with Gasteiger partial charge in [-0.2, -0.15) is 0 Å². The largest absolute Gasteiger partial charge is 0.342 e. The summed E-state index contributed by atoms with van der Waals surface area (Å²) in [5, 5.41) is 2.94. The second-order valence-electron chi connectivity index (χ2n) is 5.31. The van der Waals surface area contributed by atoms with Gasteiger partial charge in [0.1, 0.15) is 0 Å². The summed E-state index contributed by atoms with van der Waals surface area (Å²) in [4.78, 5) is 30.0. The lowest BCUT2D eigenvalue weighted by Crippen LogP contribution is -2.36. The molecule has 1 N–H and O–H groups in total. The highest BCUT2D eigenvalue weighted by Gasteiger charge is 2.17. The molecule has 6 heteroatoms. The molecule has 3 rings (SSSR count). The first-order valence-electron chi connectivity index (χ1n) is 6.99. The number of carbonyl (C=O) groups is 1. The highest BCUT2D eigenvalue weighted by atomic mass is 16.2. The molecule has 1 saturated heterocycles. The number of aromatic amines is 1. The first-order chi connectivity index (χ1) is 9.63. The minimum absolute atomic E-state index is 0.108. The van der Waals surface area contributed by atoms with E-state index in [0.717, 1.165) is 30.8 Å². The Balaban J connectivity index is 1.77. The van der Waals surface area contributed by atoms with Crippen molar-refractivity contribution in [1.82, 2.24) is 19.5 Å². The number of rotatable bonds is 3. The lowest BCUT2D eigenvalue weighted by Gasteiger charge is -2.26. The molecule has 0 spiro atoms. The van der Waals surface area contributed by atoms with Crippen LogP contribution in [0.5, 0.6) is 0 Å². The summed E-state index contributed by atoms with van der Waals surface area (Å²) in [6.45, 7) is 3.36. The minimum Gasteiger partial charge on any atom is -0.342 e. The highest BCUT2D eigenvalue weighted by Crippen LogP contribution is 2.11. The number of H-pyrrole nitrogens is 1. The molecule has 0 atom stereocenters. The number of hydrogen-bond donors (Lipinski definition) is 1. The van der Waals surface area contributed by atoms with Gasteiger partial charge in [-0.15, -0.1) is 0 Å². The molecule has 2 aromatic rings. The molecule has 106 valence electrons. The van der Waals surface area contributed by atoms with Crippen LogP contribution in [-0.4, -0.2) is 38.5 Å². The molecule has 20 heavy (non-hydrogen) atoms. The molecule has 2 aromatic heterocycles. The number of nitrogens with one attached hydrogen (secondary N) is 1. The van der Waals surface area contributed by atoms with Crippen LogP contribution in [0.1, 0.15) is 30.7 Å². The molecule has 0 aliphatic carbocycles. The van der Waals surface area contributed by atoms with Crippen molar-refractivity contribution in [3.05, 3.63) is 33.9 Å². The van der Waals surface area contributed by atoms with Crippen LogP contribution in [0.15, 0.2) is 16.9 Å². The van der Waals surface area contributed by atoms with Crippen LogP contribution in [0.2, 0.25) is 0 Å². The van der Waals surface area contributed by atoms with Crippen molar-refractivity contribution < 1.29 is 4.79 Å². The van der Waals surface area contributed by atoms with Crippen LogP contribution in [0.25, 0.3) is 5.65 Å². The van der Waals surface area contributed by atoms with Gasteiger partial charge in [0.25, 0.3) is 5.56 Å². The molecule has 1 aliphatic rings. The van der Waals surface area contributed by atoms with Crippen LogP contribution in [-0.2, 0) is 11.2 Å². The van der Waals surface area contributed by atoms with E-state index in [1.165, 1.54) is 10.6 Å². The zero-order chi connectivity index (χ0) is 14.1. The third-order valence-electron chi connectivity index (χ3n) is 3.69. The number of likely N-dealkylation sites (tertiary alicyclic amines) is 1. The van der Waals surface area contributed by atoms with E-state index in [2.05, 4.69) is 10.1 Å². The number of piperidine rings is 1. The van der Waals surface area contributed by atoms with E-state index in [0.29, 0.717) is 25.0 Å². The van der Waals surface area contributed by atoms with Gasteiger partial charge >= 0.3 is 0 Å². The minimum atomic E-state index is -0.108. The Hall–Kier alpha value is -2.11. The standard InChI is InChI=1S/C14H18N4O2/c1-10-8-12-15-11(9-14(20)18(12)16-10)5-7-17-6-3-2-4-13(17)19/h8-9,16H,2-7H2,1H3. The maximum absolute atomic E-state index is 11.9. The fraction of sp³-hybridized carbons (Fsp3) is 0.500. The van der Waals surface area contributed by atoms with Gasteiger partial charge in [-0.3, -0.25) is 14.7 Å². The maximum Gasteiger partial charge on any atom is 0.272 e. The Morgan fingerprint density at radius 1 is 1.30 bits per heavy atom. The Labute approximate surface area is 116 Å². The predicted octanol–water partition coefficient (Wildman–Crippen LogP) is 0.886. The second kappa shape index (κ2) is 5.11. The Morgan fingerprint density at radius 3 is 2.95 bits per heavy atom. The van der Waals surface area contributed by atoms with Gasteiger partial charge < -0.3 is 4.90 Å². The van der Waals surface area contributed by atoms with Gasteiger partial charge in [0.15, 0.2) is 5.65 Å². The number of fused-ring (bicyclic) bond motifs is 1. The van der Waals surface area contributed by atoms with Gasteiger partial charge in [-0.25, -0.2) is 9.50 Å². The summed E-state index contributed by atoms with van der Waals surface area (Å²) >= 11 is 0. The summed E-state index contributed by atoms with van der Waals surface area (Å²) in [6.07, 6.45) is 3.33. The number of hydrogen-bond acceptors (Lipinski definition) is 3. The summed E-state index contributed by atoms with van der Waals surface area (Å²) < 4.78 is 1.44. The highest BCUT2D eigenvalue weighted by molar-refractivity contribution is 5.76. The monoisotopic (exact) mass is 274 g/mol. The van der Waals surface area contributed by atoms with Gasteiger partial charge in [-0.05, 0) is 19.8 Å². The van der Waals surface area contributed by atoms with Crippen molar-refractivity contribution in [2.24, 2.45) is 0 Å². The van der Waals surface area contributed by atoms with Gasteiger partial charge in [0, 0.05) is 43.8 Å². The molecule has 0 bridgehead atoms. The van der Waals surface area contributed by atoms with E-state index in [4.69, 9.17) is 0 Å². The summed E-state index contributed by atoms with van der Waals surface area (Å²) in [7, 11) is 0. The smallest absolute Gasteiger partial charge is 0.272 e. The first-order valence-corrected chi connectivity index (χ1v) is 6.99. The third kappa shape index (κ3) is 2.45. The Morgan fingerprint density at radius 2 is 2.15 bits per heavy atom. The predicted molar refractivity (Wildman–Crippen MR) is 74.7 cm³/mol. The van der Waals surface area contributed by atoms with Crippen molar-refractivity contribution in [2.75, 3.05) is 13.1 Å². The Bertz CT molecular complexity index is 701. The normalized spacial score (nSPS) is 16.1. The van der Waals surface area contributed by atoms with Crippen LogP contribution in [0, 0.1) is 6.92 Å². The van der Waals surface area contributed by atoms with E-state index in [9.17, 15) is 9.59 Å². The fourth-order valence-electron chi connectivity index (χ4n) is 2.64. The van der Waals surface area contributed by atoms with Crippen LogP contribution < -0.4 is 5.56 Å². The lowest BCUT2D eigenvalue weighted by molar-refractivity contribution is -0.133. The molecule has 0 radical (unpaired) electrons. The molecule has 0 unspecified atom stereocenters.